The number of halogens is 3. The molecule has 2 aliphatic heterocycles. The summed E-state index contributed by atoms with van der Waals surface area (Å²) in [5.74, 6) is -1.00. The standard InChI is InChI=1S/C17H23BrN2O6S.C12H15BrN2O4S.ClH/c1-17(2,3)26-16(22)20-10-12(9-14(20)15(21)25-4)19-27(23,24)13-7-5-6-11(18)8-13;1-19-12(16)11-6-9(7-14-11)15-20(17,18)10-4-2-3-8(13)5-10;/h5-8,12,14,19H,9-10H2,1-4H3;2-5,9,11,14-15H,6-7H2,1H3;1H/t12-,14+;9-,11+;/m11./s1. The third kappa shape index (κ3) is 11.9. The first-order valence-corrected chi connectivity index (χ1v) is 18.8. The zero-order valence-corrected chi connectivity index (χ0v) is 32.4. The Kier molecular flexibility index (Phi) is 15.3. The van der Waals surface area contributed by atoms with Gasteiger partial charge in [0.2, 0.25) is 20.0 Å². The van der Waals surface area contributed by atoms with Crippen molar-refractivity contribution >= 4 is 82.3 Å². The molecule has 0 unspecified atom stereocenters. The Labute approximate surface area is 303 Å². The summed E-state index contributed by atoms with van der Waals surface area (Å²) in [5.41, 5.74) is -0.744. The lowest BCUT2D eigenvalue weighted by Gasteiger charge is -2.27. The van der Waals surface area contributed by atoms with Gasteiger partial charge < -0.3 is 19.5 Å². The van der Waals surface area contributed by atoms with Crippen molar-refractivity contribution in [3.8, 4) is 0 Å². The van der Waals surface area contributed by atoms with Crippen molar-refractivity contribution in [1.29, 1.82) is 0 Å². The average molecular weight is 863 g/mol. The van der Waals surface area contributed by atoms with E-state index in [1.807, 2.05) is 0 Å². The highest BCUT2D eigenvalue weighted by atomic mass is 79.9. The van der Waals surface area contributed by atoms with Crippen LogP contribution in [0, 0.1) is 0 Å². The fourth-order valence-electron chi connectivity index (χ4n) is 4.79. The van der Waals surface area contributed by atoms with Gasteiger partial charge in [0.05, 0.1) is 24.0 Å². The maximum atomic E-state index is 12.6. The zero-order valence-electron chi connectivity index (χ0n) is 26.8. The summed E-state index contributed by atoms with van der Waals surface area (Å²) in [6.45, 7) is 5.53. The van der Waals surface area contributed by atoms with Crippen molar-refractivity contribution in [1.82, 2.24) is 19.7 Å². The fraction of sp³-hybridized carbons (Fsp3) is 0.483. The van der Waals surface area contributed by atoms with Crippen LogP contribution in [-0.2, 0) is 43.8 Å². The number of ether oxygens (including phenoxy) is 3. The van der Waals surface area contributed by atoms with Gasteiger partial charge >= 0.3 is 18.0 Å². The molecular formula is C29H39Br2ClN4O10S2. The molecule has 2 saturated heterocycles. The van der Waals surface area contributed by atoms with Crippen molar-refractivity contribution in [2.45, 2.75) is 73.2 Å². The third-order valence-corrected chi connectivity index (χ3v) is 10.9. The monoisotopic (exact) mass is 860 g/mol. The molecule has 2 heterocycles. The molecule has 14 nitrogen and oxygen atoms in total. The van der Waals surface area contributed by atoms with Gasteiger partial charge in [-0.05, 0) is 70.0 Å². The second-order valence-corrected chi connectivity index (χ2v) is 16.9. The van der Waals surface area contributed by atoms with Gasteiger partial charge in [-0.1, -0.05) is 44.0 Å². The largest absolute Gasteiger partial charge is 0.468 e. The Morgan fingerprint density at radius 2 is 1.33 bits per heavy atom. The number of hydrogen-bond acceptors (Lipinski definition) is 11. The number of rotatable bonds is 8. The molecule has 2 aromatic rings. The highest BCUT2D eigenvalue weighted by Crippen LogP contribution is 2.25. The van der Waals surface area contributed by atoms with E-state index < -0.39 is 55.8 Å². The number of sulfonamides is 2. The second-order valence-electron chi connectivity index (χ2n) is 11.7. The molecule has 0 aromatic heterocycles. The van der Waals surface area contributed by atoms with E-state index in [1.165, 1.54) is 43.4 Å². The number of amides is 1. The van der Waals surface area contributed by atoms with E-state index in [2.05, 4.69) is 51.4 Å². The molecule has 0 saturated carbocycles. The normalized spacial score (nSPS) is 20.9. The van der Waals surface area contributed by atoms with Crippen LogP contribution in [0.3, 0.4) is 0 Å². The molecule has 2 aliphatic rings. The summed E-state index contributed by atoms with van der Waals surface area (Å²) in [6.07, 6.45) is -0.221. The van der Waals surface area contributed by atoms with E-state index in [0.717, 1.165) is 0 Å². The lowest BCUT2D eigenvalue weighted by Crippen LogP contribution is -2.44. The minimum atomic E-state index is -3.82. The Hall–Kier alpha value is -2.32. The molecule has 2 aromatic carbocycles. The summed E-state index contributed by atoms with van der Waals surface area (Å²) in [7, 11) is -4.89. The van der Waals surface area contributed by atoms with Crippen molar-refractivity contribution in [3.63, 3.8) is 0 Å². The minimum Gasteiger partial charge on any atom is -0.468 e. The zero-order chi connectivity index (χ0) is 35.2. The van der Waals surface area contributed by atoms with Gasteiger partial charge in [0.25, 0.3) is 0 Å². The van der Waals surface area contributed by atoms with E-state index in [1.54, 1.807) is 45.0 Å². The summed E-state index contributed by atoms with van der Waals surface area (Å²) >= 11 is 6.48. The number of nitrogens with zero attached hydrogens (tertiary/aromatic N) is 1. The summed E-state index contributed by atoms with van der Waals surface area (Å²) in [4.78, 5) is 37.3. The molecule has 0 spiro atoms. The Morgan fingerprint density at radius 1 is 0.833 bits per heavy atom. The second kappa shape index (κ2) is 17.6. The van der Waals surface area contributed by atoms with Gasteiger partial charge in [-0.2, -0.15) is 0 Å². The first-order chi connectivity index (χ1) is 21.8. The first-order valence-electron chi connectivity index (χ1n) is 14.3. The molecular weight excluding hydrogens is 824 g/mol. The van der Waals surface area contributed by atoms with Gasteiger partial charge in [-0.15, -0.1) is 12.4 Å². The van der Waals surface area contributed by atoms with Crippen LogP contribution in [0.25, 0.3) is 0 Å². The SMILES string of the molecule is COC(=O)[C@@H]1C[C@@H](NS(=O)(=O)c2cccc(Br)c2)CN1.COC(=O)[C@@H]1C[C@@H](NS(=O)(=O)c2cccc(Br)c2)CN1C(=O)OC(C)(C)C.Cl. The molecule has 3 N–H and O–H groups in total. The first kappa shape index (κ1) is 41.8. The summed E-state index contributed by atoms with van der Waals surface area (Å²) < 4.78 is 70.8. The molecule has 0 bridgehead atoms. The number of carbonyl (C=O) groups is 3. The van der Waals surface area contributed by atoms with Crippen LogP contribution in [0.15, 0.2) is 67.3 Å². The number of hydrogen-bond donors (Lipinski definition) is 3. The lowest BCUT2D eigenvalue weighted by molar-refractivity contribution is -0.145. The van der Waals surface area contributed by atoms with Gasteiger partial charge in [0.15, 0.2) is 0 Å². The highest BCUT2D eigenvalue weighted by molar-refractivity contribution is 9.10. The Bertz CT molecular complexity index is 1680. The van der Waals surface area contributed by atoms with Crippen molar-refractivity contribution in [3.05, 3.63) is 57.5 Å². The third-order valence-electron chi connectivity index (χ3n) is 6.88. The Morgan fingerprint density at radius 3 is 1.79 bits per heavy atom. The molecule has 0 radical (unpaired) electrons. The van der Waals surface area contributed by atoms with Gasteiger partial charge in [0.1, 0.15) is 17.7 Å². The van der Waals surface area contributed by atoms with Crippen molar-refractivity contribution in [2.75, 3.05) is 27.3 Å². The number of carbonyl (C=O) groups excluding carboxylic acids is 3. The molecule has 0 aliphatic carbocycles. The number of esters is 2. The van der Waals surface area contributed by atoms with Gasteiger partial charge in [0, 0.05) is 34.1 Å². The van der Waals surface area contributed by atoms with Crippen LogP contribution in [-0.4, -0.2) is 96.8 Å². The predicted octanol–water partition coefficient (Wildman–Crippen LogP) is 3.33. The Balaban J connectivity index is 0.000000340. The highest BCUT2D eigenvalue weighted by Gasteiger charge is 2.43. The van der Waals surface area contributed by atoms with E-state index in [-0.39, 0.29) is 47.2 Å². The molecule has 1 amide bonds. The van der Waals surface area contributed by atoms with E-state index >= 15 is 0 Å². The van der Waals surface area contributed by atoms with Crippen LogP contribution in [0.5, 0.6) is 0 Å². The molecule has 19 heteroatoms. The quantitative estimate of drug-likeness (QED) is 0.261. The van der Waals surface area contributed by atoms with E-state index in [9.17, 15) is 31.2 Å². The summed E-state index contributed by atoms with van der Waals surface area (Å²) in [5, 5.41) is 2.93. The molecule has 48 heavy (non-hydrogen) atoms. The van der Waals surface area contributed by atoms with Crippen molar-refractivity contribution < 1.29 is 45.4 Å². The molecule has 4 rings (SSSR count). The number of benzene rings is 2. The molecule has 268 valence electrons. The van der Waals surface area contributed by atoms with E-state index in [0.29, 0.717) is 21.9 Å². The van der Waals surface area contributed by atoms with Gasteiger partial charge in [-0.3, -0.25) is 9.69 Å². The average Bonchev–Trinajstić information content (AvgIpc) is 3.62. The molecule has 2 fully saturated rings. The van der Waals surface area contributed by atoms with Crippen LogP contribution in [0.1, 0.15) is 33.6 Å². The lowest BCUT2D eigenvalue weighted by atomic mass is 10.2. The van der Waals surface area contributed by atoms with Crippen LogP contribution < -0.4 is 14.8 Å². The van der Waals surface area contributed by atoms with Gasteiger partial charge in [-0.25, -0.2) is 35.9 Å². The maximum absolute atomic E-state index is 12.6. The fourth-order valence-corrected chi connectivity index (χ4v) is 8.48. The smallest absolute Gasteiger partial charge is 0.411 e. The van der Waals surface area contributed by atoms with Crippen LogP contribution in [0.4, 0.5) is 4.79 Å². The number of nitrogens with one attached hydrogen (secondary N) is 3. The number of methoxy groups -OCH3 is 2. The number of likely N-dealkylation sites (tertiary alicyclic amines) is 1. The topological polar surface area (TPSA) is 187 Å². The minimum absolute atomic E-state index is 0. The summed E-state index contributed by atoms with van der Waals surface area (Å²) in [6, 6.07) is 10.4. The van der Waals surface area contributed by atoms with Crippen LogP contribution >= 0.6 is 44.3 Å². The van der Waals surface area contributed by atoms with E-state index in [4.69, 9.17) is 9.47 Å². The van der Waals surface area contributed by atoms with Crippen molar-refractivity contribution in [2.24, 2.45) is 0 Å². The molecule has 4 atom stereocenters. The maximum Gasteiger partial charge on any atom is 0.411 e. The van der Waals surface area contributed by atoms with Crippen LogP contribution in [0.2, 0.25) is 0 Å². The predicted molar refractivity (Wildman–Crippen MR) is 186 cm³/mol.